The summed E-state index contributed by atoms with van der Waals surface area (Å²) >= 11 is 0. The van der Waals surface area contributed by atoms with Crippen LogP contribution in [-0.2, 0) is 6.61 Å². The number of hydrogen-bond donors (Lipinski definition) is 1. The van der Waals surface area contributed by atoms with E-state index in [2.05, 4.69) is 6.92 Å². The minimum Gasteiger partial charge on any atom is -0.493 e. The van der Waals surface area contributed by atoms with E-state index in [0.29, 0.717) is 0 Å². The molecule has 2 heteroatoms. The van der Waals surface area contributed by atoms with Gasteiger partial charge in [0.15, 0.2) is 0 Å². The van der Waals surface area contributed by atoms with E-state index in [1.807, 2.05) is 25.1 Å². The molecule has 1 aromatic rings. The van der Waals surface area contributed by atoms with Crippen LogP contribution in [0, 0.1) is 6.92 Å². The topological polar surface area (TPSA) is 29.5 Å². The van der Waals surface area contributed by atoms with Gasteiger partial charge in [0.2, 0.25) is 0 Å². The Morgan fingerprint density at radius 1 is 1.19 bits per heavy atom. The van der Waals surface area contributed by atoms with Crippen molar-refractivity contribution < 1.29 is 9.84 Å². The van der Waals surface area contributed by atoms with Crippen LogP contribution in [0.5, 0.6) is 5.75 Å². The van der Waals surface area contributed by atoms with Gasteiger partial charge in [-0.2, -0.15) is 0 Å². The number of hydrogen-bond acceptors (Lipinski definition) is 2. The largest absolute Gasteiger partial charge is 0.493 e. The number of aryl methyl sites for hydroxylation is 1. The molecule has 0 aliphatic heterocycles. The van der Waals surface area contributed by atoms with Gasteiger partial charge < -0.3 is 9.84 Å². The second-order valence-corrected chi connectivity index (χ2v) is 4.18. The quantitative estimate of drug-likeness (QED) is 0.716. The van der Waals surface area contributed by atoms with Crippen LogP contribution in [0.4, 0.5) is 0 Å². The fourth-order valence-corrected chi connectivity index (χ4v) is 1.68. The number of unbranched alkanes of at least 4 members (excludes halogenated alkanes) is 3. The highest BCUT2D eigenvalue weighted by Crippen LogP contribution is 2.20. The van der Waals surface area contributed by atoms with Crippen LogP contribution < -0.4 is 4.74 Å². The number of ether oxygens (including phenoxy) is 1. The maximum absolute atomic E-state index is 9.20. The summed E-state index contributed by atoms with van der Waals surface area (Å²) in [4.78, 5) is 0. The van der Waals surface area contributed by atoms with Crippen molar-refractivity contribution in [3.05, 3.63) is 29.3 Å². The Balaban J connectivity index is 2.41. The molecule has 0 amide bonds. The normalized spacial score (nSPS) is 10.4. The third-order valence-corrected chi connectivity index (χ3v) is 2.64. The molecule has 2 nitrogen and oxygen atoms in total. The second-order valence-electron chi connectivity index (χ2n) is 4.18. The minimum absolute atomic E-state index is 0.0476. The standard InChI is InChI=1S/C14H22O2/c1-3-4-5-6-9-16-14-8-7-12(2)10-13(14)11-15/h7-8,10,15H,3-6,9,11H2,1-2H3. The molecule has 0 aliphatic rings. The monoisotopic (exact) mass is 222 g/mol. The molecule has 1 aromatic carbocycles. The number of rotatable bonds is 7. The molecule has 0 unspecified atom stereocenters. The van der Waals surface area contributed by atoms with Gasteiger partial charge in [-0.25, -0.2) is 0 Å². The summed E-state index contributed by atoms with van der Waals surface area (Å²) in [5, 5.41) is 9.20. The molecule has 1 N–H and O–H groups in total. The van der Waals surface area contributed by atoms with Gasteiger partial charge in [-0.15, -0.1) is 0 Å². The molecule has 0 aliphatic carbocycles. The highest BCUT2D eigenvalue weighted by atomic mass is 16.5. The van der Waals surface area contributed by atoms with Gasteiger partial charge >= 0.3 is 0 Å². The summed E-state index contributed by atoms with van der Waals surface area (Å²) in [5.41, 5.74) is 2.04. The van der Waals surface area contributed by atoms with Crippen LogP contribution in [0.25, 0.3) is 0 Å². The first kappa shape index (κ1) is 13.0. The van der Waals surface area contributed by atoms with Crippen molar-refractivity contribution in [3.63, 3.8) is 0 Å². The zero-order valence-electron chi connectivity index (χ0n) is 10.3. The predicted octanol–water partition coefficient (Wildman–Crippen LogP) is 3.45. The molecular weight excluding hydrogens is 200 g/mol. The lowest BCUT2D eigenvalue weighted by atomic mass is 10.1. The molecule has 0 spiro atoms. The van der Waals surface area contributed by atoms with E-state index in [0.717, 1.165) is 29.9 Å². The van der Waals surface area contributed by atoms with Crippen molar-refractivity contribution in [1.82, 2.24) is 0 Å². The molecule has 0 saturated carbocycles. The zero-order chi connectivity index (χ0) is 11.8. The Bertz CT molecular complexity index is 308. The maximum atomic E-state index is 9.20. The third-order valence-electron chi connectivity index (χ3n) is 2.64. The first-order valence-electron chi connectivity index (χ1n) is 6.11. The summed E-state index contributed by atoms with van der Waals surface area (Å²) < 4.78 is 5.67. The van der Waals surface area contributed by atoms with Crippen LogP contribution in [0.3, 0.4) is 0 Å². The minimum atomic E-state index is 0.0476. The van der Waals surface area contributed by atoms with Crippen molar-refractivity contribution >= 4 is 0 Å². The van der Waals surface area contributed by atoms with Crippen LogP contribution in [-0.4, -0.2) is 11.7 Å². The smallest absolute Gasteiger partial charge is 0.124 e. The Hall–Kier alpha value is -1.02. The molecule has 16 heavy (non-hydrogen) atoms. The van der Waals surface area contributed by atoms with E-state index >= 15 is 0 Å². The summed E-state index contributed by atoms with van der Waals surface area (Å²) in [6.07, 6.45) is 4.82. The highest BCUT2D eigenvalue weighted by Gasteiger charge is 2.02. The molecule has 0 fully saturated rings. The fraction of sp³-hybridized carbons (Fsp3) is 0.571. The number of aliphatic hydroxyl groups is 1. The summed E-state index contributed by atoms with van der Waals surface area (Å²) in [6.45, 7) is 5.01. The first-order valence-corrected chi connectivity index (χ1v) is 6.11. The molecule has 0 saturated heterocycles. The van der Waals surface area contributed by atoms with Crippen molar-refractivity contribution in [3.8, 4) is 5.75 Å². The summed E-state index contributed by atoms with van der Waals surface area (Å²) in [6, 6.07) is 5.93. The first-order chi connectivity index (χ1) is 7.77. The summed E-state index contributed by atoms with van der Waals surface area (Å²) in [5.74, 6) is 0.824. The number of aliphatic hydroxyl groups excluding tert-OH is 1. The van der Waals surface area contributed by atoms with E-state index < -0.39 is 0 Å². The van der Waals surface area contributed by atoms with Crippen LogP contribution in [0.15, 0.2) is 18.2 Å². The van der Waals surface area contributed by atoms with Gasteiger partial charge in [0, 0.05) is 5.56 Å². The fourth-order valence-electron chi connectivity index (χ4n) is 1.68. The predicted molar refractivity (Wildman–Crippen MR) is 66.7 cm³/mol. The average Bonchev–Trinajstić information content (AvgIpc) is 2.30. The Kier molecular flexibility index (Phi) is 5.94. The lowest BCUT2D eigenvalue weighted by Crippen LogP contribution is -2.00. The second kappa shape index (κ2) is 7.29. The summed E-state index contributed by atoms with van der Waals surface area (Å²) in [7, 11) is 0. The molecular formula is C14H22O2. The molecule has 0 atom stereocenters. The van der Waals surface area contributed by atoms with Crippen molar-refractivity contribution in [1.29, 1.82) is 0 Å². The molecule has 0 bridgehead atoms. The van der Waals surface area contributed by atoms with Gasteiger partial charge in [0.05, 0.1) is 13.2 Å². The molecule has 0 aromatic heterocycles. The molecule has 90 valence electrons. The van der Waals surface area contributed by atoms with Gasteiger partial charge in [-0.05, 0) is 19.4 Å². The van der Waals surface area contributed by atoms with Crippen LogP contribution in [0.1, 0.15) is 43.7 Å². The Morgan fingerprint density at radius 3 is 2.69 bits per heavy atom. The van der Waals surface area contributed by atoms with E-state index in [9.17, 15) is 5.11 Å². The van der Waals surface area contributed by atoms with Crippen LogP contribution in [0.2, 0.25) is 0 Å². The van der Waals surface area contributed by atoms with Gasteiger partial charge in [-0.3, -0.25) is 0 Å². The van der Waals surface area contributed by atoms with Crippen molar-refractivity contribution in [2.24, 2.45) is 0 Å². The zero-order valence-corrected chi connectivity index (χ0v) is 10.3. The lowest BCUT2D eigenvalue weighted by molar-refractivity contribution is 0.260. The molecule has 1 rings (SSSR count). The maximum Gasteiger partial charge on any atom is 0.124 e. The SMILES string of the molecule is CCCCCCOc1ccc(C)cc1CO. The lowest BCUT2D eigenvalue weighted by Gasteiger charge is -2.10. The van der Waals surface area contributed by atoms with Crippen LogP contribution >= 0.6 is 0 Å². The Labute approximate surface area is 98.3 Å². The van der Waals surface area contributed by atoms with E-state index in [-0.39, 0.29) is 6.61 Å². The number of benzene rings is 1. The van der Waals surface area contributed by atoms with E-state index in [1.165, 1.54) is 19.3 Å². The molecule has 0 heterocycles. The van der Waals surface area contributed by atoms with Crippen molar-refractivity contribution in [2.45, 2.75) is 46.1 Å². The van der Waals surface area contributed by atoms with Crippen molar-refractivity contribution in [2.75, 3.05) is 6.61 Å². The van der Waals surface area contributed by atoms with Gasteiger partial charge in [0.1, 0.15) is 5.75 Å². The molecule has 0 radical (unpaired) electrons. The Morgan fingerprint density at radius 2 is 2.00 bits per heavy atom. The van der Waals surface area contributed by atoms with E-state index in [1.54, 1.807) is 0 Å². The van der Waals surface area contributed by atoms with E-state index in [4.69, 9.17) is 4.74 Å². The highest BCUT2D eigenvalue weighted by molar-refractivity contribution is 5.36. The third kappa shape index (κ3) is 4.23. The average molecular weight is 222 g/mol. The van der Waals surface area contributed by atoms with Gasteiger partial charge in [-0.1, -0.05) is 43.9 Å². The van der Waals surface area contributed by atoms with Gasteiger partial charge in [0.25, 0.3) is 0 Å².